The van der Waals surface area contributed by atoms with E-state index in [0.717, 1.165) is 16.9 Å². The highest BCUT2D eigenvalue weighted by atomic mass is 16.6. The van der Waals surface area contributed by atoms with Gasteiger partial charge in [-0.15, -0.1) is 0 Å². The first-order valence-corrected chi connectivity index (χ1v) is 11.9. The first kappa shape index (κ1) is 26.1. The van der Waals surface area contributed by atoms with Gasteiger partial charge in [0.15, 0.2) is 18.1 Å². The number of hydrogen-bond donors (Lipinski definition) is 0. The van der Waals surface area contributed by atoms with Gasteiger partial charge in [-0.1, -0.05) is 51.1 Å². The average Bonchev–Trinajstić information content (AvgIpc) is 2.78. The molecule has 3 rings (SSSR count). The molecule has 0 amide bonds. The van der Waals surface area contributed by atoms with Gasteiger partial charge in [-0.3, -0.25) is 0 Å². The van der Waals surface area contributed by atoms with E-state index in [2.05, 4.69) is 32.9 Å². The average molecular weight is 477 g/mol. The summed E-state index contributed by atoms with van der Waals surface area (Å²) >= 11 is 0. The standard InChI is InChI=1S/C30H36O5/c1-8-32-28(31)20-33-26-18-11-22(21-9-14-25(15-10-21)35-30(5,6)7)19-27(26)34-24-16-12-23(13-17-24)29(2,3)4/h9-19H,8,20H2,1-7H3. The fraction of sp³-hybridized carbons (Fsp3) is 0.367. The number of hydrogen-bond acceptors (Lipinski definition) is 5. The van der Waals surface area contributed by atoms with Gasteiger partial charge in [0.25, 0.3) is 0 Å². The third-order valence-corrected chi connectivity index (χ3v) is 5.15. The molecule has 0 fully saturated rings. The maximum absolute atomic E-state index is 11.8. The highest BCUT2D eigenvalue weighted by Crippen LogP contribution is 2.37. The molecule has 0 aliphatic heterocycles. The maximum atomic E-state index is 11.8. The maximum Gasteiger partial charge on any atom is 0.344 e. The predicted octanol–water partition coefficient (Wildman–Crippen LogP) is 7.56. The lowest BCUT2D eigenvalue weighted by Crippen LogP contribution is -2.22. The zero-order valence-corrected chi connectivity index (χ0v) is 21.8. The van der Waals surface area contributed by atoms with Crippen molar-refractivity contribution in [3.63, 3.8) is 0 Å². The summed E-state index contributed by atoms with van der Waals surface area (Å²) in [4.78, 5) is 11.8. The Hall–Kier alpha value is -3.47. The Labute approximate surface area is 209 Å². The summed E-state index contributed by atoms with van der Waals surface area (Å²) in [6.45, 7) is 14.5. The highest BCUT2D eigenvalue weighted by molar-refractivity contribution is 5.72. The van der Waals surface area contributed by atoms with Crippen molar-refractivity contribution < 1.29 is 23.7 Å². The van der Waals surface area contributed by atoms with Crippen LogP contribution in [0.1, 0.15) is 54.0 Å². The Bertz CT molecular complexity index is 1120. The number of benzene rings is 3. The molecule has 0 aromatic heterocycles. The molecule has 0 bridgehead atoms. The van der Waals surface area contributed by atoms with Gasteiger partial charge >= 0.3 is 5.97 Å². The molecular formula is C30H36O5. The Balaban J connectivity index is 1.89. The lowest BCUT2D eigenvalue weighted by atomic mass is 9.87. The van der Waals surface area contributed by atoms with Crippen LogP contribution in [0.15, 0.2) is 66.7 Å². The topological polar surface area (TPSA) is 54.0 Å². The van der Waals surface area contributed by atoms with Gasteiger partial charge in [-0.05, 0) is 86.2 Å². The molecule has 3 aromatic rings. The van der Waals surface area contributed by atoms with Crippen LogP contribution in [0.25, 0.3) is 11.1 Å². The van der Waals surface area contributed by atoms with Crippen LogP contribution in [-0.2, 0) is 14.9 Å². The second kappa shape index (κ2) is 10.9. The van der Waals surface area contributed by atoms with Gasteiger partial charge in [-0.25, -0.2) is 4.79 Å². The zero-order valence-electron chi connectivity index (χ0n) is 21.8. The Morgan fingerprint density at radius 3 is 1.91 bits per heavy atom. The van der Waals surface area contributed by atoms with Crippen molar-refractivity contribution in [1.29, 1.82) is 0 Å². The van der Waals surface area contributed by atoms with Crippen LogP contribution >= 0.6 is 0 Å². The molecule has 0 saturated heterocycles. The van der Waals surface area contributed by atoms with Crippen molar-refractivity contribution in [1.82, 2.24) is 0 Å². The molecule has 35 heavy (non-hydrogen) atoms. The Morgan fingerprint density at radius 1 is 0.743 bits per heavy atom. The third kappa shape index (κ3) is 7.78. The van der Waals surface area contributed by atoms with Crippen LogP contribution in [-0.4, -0.2) is 24.8 Å². The number of ether oxygens (including phenoxy) is 4. The van der Waals surface area contributed by atoms with Crippen molar-refractivity contribution in [2.75, 3.05) is 13.2 Å². The molecule has 0 saturated carbocycles. The molecular weight excluding hydrogens is 440 g/mol. The molecule has 5 nitrogen and oxygen atoms in total. The quantitative estimate of drug-likeness (QED) is 0.314. The summed E-state index contributed by atoms with van der Waals surface area (Å²) in [5.74, 6) is 2.06. The summed E-state index contributed by atoms with van der Waals surface area (Å²) in [6.07, 6.45) is 0. The summed E-state index contributed by atoms with van der Waals surface area (Å²) < 4.78 is 22.9. The van der Waals surface area contributed by atoms with E-state index in [1.165, 1.54) is 5.56 Å². The molecule has 0 unspecified atom stereocenters. The summed E-state index contributed by atoms with van der Waals surface area (Å²) in [5.41, 5.74) is 2.97. The van der Waals surface area contributed by atoms with E-state index >= 15 is 0 Å². The molecule has 186 valence electrons. The van der Waals surface area contributed by atoms with Gasteiger partial charge in [0.2, 0.25) is 0 Å². The normalized spacial score (nSPS) is 11.6. The summed E-state index contributed by atoms with van der Waals surface area (Å²) in [5, 5.41) is 0. The van der Waals surface area contributed by atoms with Gasteiger partial charge in [0, 0.05) is 0 Å². The minimum absolute atomic E-state index is 0.0508. The number of rotatable bonds is 8. The van der Waals surface area contributed by atoms with Gasteiger partial charge < -0.3 is 18.9 Å². The van der Waals surface area contributed by atoms with Crippen molar-refractivity contribution in [2.45, 2.75) is 59.5 Å². The van der Waals surface area contributed by atoms with E-state index in [4.69, 9.17) is 18.9 Å². The fourth-order valence-corrected chi connectivity index (χ4v) is 3.44. The van der Waals surface area contributed by atoms with Crippen LogP contribution in [0, 0.1) is 0 Å². The van der Waals surface area contributed by atoms with E-state index < -0.39 is 5.97 Å². The van der Waals surface area contributed by atoms with E-state index in [0.29, 0.717) is 23.9 Å². The Kier molecular flexibility index (Phi) is 8.11. The van der Waals surface area contributed by atoms with Crippen LogP contribution < -0.4 is 14.2 Å². The molecule has 0 spiro atoms. The zero-order chi connectivity index (χ0) is 25.6. The lowest BCUT2D eigenvalue weighted by molar-refractivity contribution is -0.145. The first-order chi connectivity index (χ1) is 16.4. The van der Waals surface area contributed by atoms with Gasteiger partial charge in [0.1, 0.15) is 17.1 Å². The van der Waals surface area contributed by atoms with Gasteiger partial charge in [0.05, 0.1) is 6.61 Å². The molecule has 0 atom stereocenters. The molecule has 0 aliphatic rings. The number of carbonyl (C=O) groups excluding carboxylic acids is 1. The predicted molar refractivity (Wildman–Crippen MR) is 140 cm³/mol. The van der Waals surface area contributed by atoms with Crippen molar-refractivity contribution in [2.24, 2.45) is 0 Å². The first-order valence-electron chi connectivity index (χ1n) is 11.9. The molecule has 0 N–H and O–H groups in total. The fourth-order valence-electron chi connectivity index (χ4n) is 3.44. The van der Waals surface area contributed by atoms with Crippen LogP contribution in [0.2, 0.25) is 0 Å². The SMILES string of the molecule is CCOC(=O)COc1ccc(-c2ccc(OC(C)(C)C)cc2)cc1Oc1ccc(C(C)(C)C)cc1. The highest BCUT2D eigenvalue weighted by Gasteiger charge is 2.16. The van der Waals surface area contributed by atoms with Crippen LogP contribution in [0.3, 0.4) is 0 Å². The minimum atomic E-state index is -0.425. The molecule has 0 heterocycles. The molecule has 0 radical (unpaired) electrons. The van der Waals surface area contributed by atoms with E-state index in [-0.39, 0.29) is 17.6 Å². The second-order valence-electron chi connectivity index (χ2n) is 10.4. The van der Waals surface area contributed by atoms with E-state index in [1.54, 1.807) is 6.92 Å². The molecule has 0 aliphatic carbocycles. The lowest BCUT2D eigenvalue weighted by Gasteiger charge is -2.21. The monoisotopic (exact) mass is 476 g/mol. The van der Waals surface area contributed by atoms with Crippen molar-refractivity contribution in [3.05, 3.63) is 72.3 Å². The van der Waals surface area contributed by atoms with E-state index in [9.17, 15) is 4.79 Å². The number of esters is 1. The van der Waals surface area contributed by atoms with Crippen LogP contribution in [0.5, 0.6) is 23.0 Å². The molecule has 3 aromatic carbocycles. The van der Waals surface area contributed by atoms with Crippen LogP contribution in [0.4, 0.5) is 0 Å². The minimum Gasteiger partial charge on any atom is -0.488 e. The van der Waals surface area contributed by atoms with Crippen molar-refractivity contribution in [3.8, 4) is 34.1 Å². The Morgan fingerprint density at radius 2 is 1.34 bits per heavy atom. The third-order valence-electron chi connectivity index (χ3n) is 5.15. The second-order valence-corrected chi connectivity index (χ2v) is 10.4. The molecule has 5 heteroatoms. The summed E-state index contributed by atoms with van der Waals surface area (Å²) in [6, 6.07) is 21.6. The van der Waals surface area contributed by atoms with E-state index in [1.807, 2.05) is 75.4 Å². The largest absolute Gasteiger partial charge is 0.488 e. The van der Waals surface area contributed by atoms with Gasteiger partial charge in [-0.2, -0.15) is 0 Å². The smallest absolute Gasteiger partial charge is 0.344 e. The number of carbonyl (C=O) groups is 1. The summed E-state index contributed by atoms with van der Waals surface area (Å²) in [7, 11) is 0. The van der Waals surface area contributed by atoms with Crippen molar-refractivity contribution >= 4 is 5.97 Å².